The molecular weight excluding hydrogens is 420 g/mol. The molecule has 0 spiro atoms. The Morgan fingerprint density at radius 2 is 1.88 bits per heavy atom. The first-order valence-electron chi connectivity index (χ1n) is 11.3. The quantitative estimate of drug-likeness (QED) is 0.502. The molecular formula is C25H30N4O2S. The average Bonchev–Trinajstić information content (AvgIpc) is 3.18. The van der Waals surface area contributed by atoms with Crippen LogP contribution in [0.2, 0.25) is 0 Å². The first-order valence-corrected chi connectivity index (χ1v) is 12.2. The third kappa shape index (κ3) is 5.15. The van der Waals surface area contributed by atoms with Crippen molar-refractivity contribution in [3.63, 3.8) is 0 Å². The summed E-state index contributed by atoms with van der Waals surface area (Å²) in [5.74, 6) is 0.763. The van der Waals surface area contributed by atoms with Gasteiger partial charge in [0, 0.05) is 37.4 Å². The van der Waals surface area contributed by atoms with Crippen LogP contribution < -0.4 is 10.6 Å². The van der Waals surface area contributed by atoms with E-state index in [1.165, 1.54) is 12.0 Å². The fraction of sp³-hybridized carbons (Fsp3) is 0.400. The topological polar surface area (TPSA) is 81.2 Å². The molecule has 1 heterocycles. The molecule has 0 bridgehead atoms. The molecule has 2 N–H and O–H groups in total. The summed E-state index contributed by atoms with van der Waals surface area (Å²) in [6.07, 6.45) is 5.71. The number of nitrogens with two attached hydrogens (primary N) is 1. The number of primary amides is 1. The largest absolute Gasteiger partial charge is 0.370 e. The zero-order valence-electron chi connectivity index (χ0n) is 18.5. The second-order valence-corrected chi connectivity index (χ2v) is 9.38. The molecule has 0 aliphatic heterocycles. The number of aryl methyl sites for hydroxylation is 1. The lowest BCUT2D eigenvalue weighted by Gasteiger charge is -2.26. The fourth-order valence-corrected chi connectivity index (χ4v) is 5.32. The molecule has 0 radical (unpaired) electrons. The van der Waals surface area contributed by atoms with Gasteiger partial charge in [-0.3, -0.25) is 9.59 Å². The van der Waals surface area contributed by atoms with E-state index in [0.717, 1.165) is 53.3 Å². The molecule has 7 heteroatoms. The van der Waals surface area contributed by atoms with E-state index in [-0.39, 0.29) is 24.2 Å². The number of imidazole rings is 1. The summed E-state index contributed by atoms with van der Waals surface area (Å²) >= 11 is 1.64. The van der Waals surface area contributed by atoms with Crippen LogP contribution in [0.15, 0.2) is 53.7 Å². The lowest BCUT2D eigenvalue weighted by atomic mass is 9.88. The number of anilines is 1. The number of aromatic nitrogens is 2. The molecule has 168 valence electrons. The minimum Gasteiger partial charge on any atom is -0.370 e. The molecule has 1 aromatic heterocycles. The van der Waals surface area contributed by atoms with Gasteiger partial charge in [-0.15, -0.1) is 0 Å². The van der Waals surface area contributed by atoms with Crippen LogP contribution >= 0.6 is 11.8 Å². The van der Waals surface area contributed by atoms with Gasteiger partial charge < -0.3 is 15.2 Å². The Morgan fingerprint density at radius 1 is 1.12 bits per heavy atom. The number of carbonyl (C=O) groups excluding carboxylic acids is 2. The number of amides is 2. The van der Waals surface area contributed by atoms with Crippen LogP contribution in [0.25, 0.3) is 11.0 Å². The summed E-state index contributed by atoms with van der Waals surface area (Å²) < 4.78 is 2.06. The smallest absolute Gasteiger partial charge is 0.229 e. The molecule has 1 aliphatic rings. The molecule has 2 aromatic carbocycles. The van der Waals surface area contributed by atoms with Gasteiger partial charge in [0.1, 0.15) is 0 Å². The fourth-order valence-electron chi connectivity index (χ4n) is 4.33. The molecule has 1 saturated carbocycles. The average molecular weight is 451 g/mol. The molecule has 1 fully saturated rings. The first-order chi connectivity index (χ1) is 15.5. The molecule has 3 aromatic rings. The van der Waals surface area contributed by atoms with E-state index in [1.54, 1.807) is 16.7 Å². The van der Waals surface area contributed by atoms with Gasteiger partial charge in [-0.25, -0.2) is 4.98 Å². The summed E-state index contributed by atoms with van der Waals surface area (Å²) in [6.45, 7) is 0.485. The van der Waals surface area contributed by atoms with Crippen molar-refractivity contribution < 1.29 is 9.59 Å². The Kier molecular flexibility index (Phi) is 7.15. The van der Waals surface area contributed by atoms with Crippen LogP contribution in [0, 0.1) is 5.92 Å². The Balaban J connectivity index is 1.60. The van der Waals surface area contributed by atoms with Crippen LogP contribution in [0.1, 0.15) is 44.1 Å². The normalized spacial score (nSPS) is 14.5. The zero-order valence-corrected chi connectivity index (χ0v) is 19.3. The second-order valence-electron chi connectivity index (χ2n) is 8.44. The van der Waals surface area contributed by atoms with E-state index in [2.05, 4.69) is 16.7 Å². The molecule has 0 saturated heterocycles. The van der Waals surface area contributed by atoms with Crippen molar-refractivity contribution in [1.82, 2.24) is 9.55 Å². The molecule has 4 rings (SSSR count). The van der Waals surface area contributed by atoms with Crippen molar-refractivity contribution in [3.05, 3.63) is 54.1 Å². The minimum atomic E-state index is -0.333. The Morgan fingerprint density at radius 3 is 2.59 bits per heavy atom. The first kappa shape index (κ1) is 22.4. The molecule has 6 nitrogen and oxygen atoms in total. The van der Waals surface area contributed by atoms with Crippen LogP contribution in [-0.4, -0.2) is 28.4 Å². The van der Waals surface area contributed by atoms with Gasteiger partial charge in [0.2, 0.25) is 11.8 Å². The van der Waals surface area contributed by atoms with E-state index in [0.29, 0.717) is 6.54 Å². The standard InChI is InChI=1S/C25H30N4O2S/c1-28(24(31)19-10-6-3-7-11-19)20-12-13-22-21(16-20)27-25(29(22)15-14-23(26)30)32-17-18-8-4-2-5-9-18/h2,4-5,8-9,12-13,16,19H,3,6-7,10-11,14-15,17H2,1H3,(H2,26,30). The van der Waals surface area contributed by atoms with Crippen LogP contribution in [-0.2, 0) is 21.9 Å². The Labute approximate surface area is 193 Å². The highest BCUT2D eigenvalue weighted by molar-refractivity contribution is 7.98. The van der Waals surface area contributed by atoms with Crippen LogP contribution in [0.4, 0.5) is 5.69 Å². The van der Waals surface area contributed by atoms with Gasteiger partial charge in [0.25, 0.3) is 0 Å². The van der Waals surface area contributed by atoms with E-state index >= 15 is 0 Å². The molecule has 0 atom stereocenters. The number of fused-ring (bicyclic) bond motifs is 1. The van der Waals surface area contributed by atoms with E-state index in [1.807, 2.05) is 43.4 Å². The maximum Gasteiger partial charge on any atom is 0.229 e. The van der Waals surface area contributed by atoms with Gasteiger partial charge in [-0.1, -0.05) is 61.4 Å². The molecule has 0 unspecified atom stereocenters. The van der Waals surface area contributed by atoms with Gasteiger partial charge in [-0.05, 0) is 36.6 Å². The summed E-state index contributed by atoms with van der Waals surface area (Å²) in [6, 6.07) is 16.2. The Hall–Kier alpha value is -2.80. The SMILES string of the molecule is CN(C(=O)C1CCCCC1)c1ccc2c(c1)nc(SCc1ccccc1)n2CCC(N)=O. The minimum absolute atomic E-state index is 0.120. The summed E-state index contributed by atoms with van der Waals surface area (Å²) in [4.78, 5) is 31.0. The number of hydrogen-bond donors (Lipinski definition) is 1. The molecule has 1 aliphatic carbocycles. The summed E-state index contributed by atoms with van der Waals surface area (Å²) in [5, 5.41) is 0.850. The number of rotatable bonds is 8. The molecule has 2 amide bonds. The van der Waals surface area contributed by atoms with E-state index < -0.39 is 0 Å². The highest BCUT2D eigenvalue weighted by atomic mass is 32.2. The van der Waals surface area contributed by atoms with Gasteiger partial charge in [-0.2, -0.15) is 0 Å². The molecule has 32 heavy (non-hydrogen) atoms. The van der Waals surface area contributed by atoms with Crippen molar-refractivity contribution in [2.75, 3.05) is 11.9 Å². The maximum absolute atomic E-state index is 13.0. The second kappa shape index (κ2) is 10.2. The summed E-state index contributed by atoms with van der Waals surface area (Å²) in [5.41, 5.74) is 9.25. The third-order valence-electron chi connectivity index (χ3n) is 6.16. The number of carbonyl (C=O) groups is 2. The lowest BCUT2D eigenvalue weighted by Crippen LogP contribution is -2.33. The maximum atomic E-state index is 13.0. The number of benzene rings is 2. The predicted octanol–water partition coefficient (Wildman–Crippen LogP) is 4.75. The Bertz CT molecular complexity index is 1090. The predicted molar refractivity (Wildman–Crippen MR) is 130 cm³/mol. The monoisotopic (exact) mass is 450 g/mol. The van der Waals surface area contributed by atoms with Crippen LogP contribution in [0.5, 0.6) is 0 Å². The van der Waals surface area contributed by atoms with Crippen molar-refractivity contribution in [2.24, 2.45) is 11.7 Å². The van der Waals surface area contributed by atoms with Crippen molar-refractivity contribution >= 4 is 40.3 Å². The van der Waals surface area contributed by atoms with E-state index in [4.69, 9.17) is 10.7 Å². The number of nitrogens with zero attached hydrogens (tertiary/aromatic N) is 3. The zero-order chi connectivity index (χ0) is 22.5. The van der Waals surface area contributed by atoms with Gasteiger partial charge >= 0.3 is 0 Å². The third-order valence-corrected chi connectivity index (χ3v) is 7.21. The van der Waals surface area contributed by atoms with Crippen molar-refractivity contribution in [2.45, 2.75) is 56.0 Å². The number of hydrogen-bond acceptors (Lipinski definition) is 4. The highest BCUT2D eigenvalue weighted by Crippen LogP contribution is 2.31. The lowest BCUT2D eigenvalue weighted by molar-refractivity contribution is -0.123. The van der Waals surface area contributed by atoms with E-state index in [9.17, 15) is 9.59 Å². The van der Waals surface area contributed by atoms with Gasteiger partial charge in [0.15, 0.2) is 5.16 Å². The van der Waals surface area contributed by atoms with Crippen molar-refractivity contribution in [3.8, 4) is 0 Å². The van der Waals surface area contributed by atoms with Crippen LogP contribution in [0.3, 0.4) is 0 Å². The number of thioether (sulfide) groups is 1. The summed E-state index contributed by atoms with van der Waals surface area (Å²) in [7, 11) is 1.85. The van der Waals surface area contributed by atoms with Crippen molar-refractivity contribution in [1.29, 1.82) is 0 Å². The highest BCUT2D eigenvalue weighted by Gasteiger charge is 2.25. The van der Waals surface area contributed by atoms with Gasteiger partial charge in [0.05, 0.1) is 11.0 Å².